The molecule has 1 amide bonds. The van der Waals surface area contributed by atoms with Gasteiger partial charge in [-0.1, -0.05) is 45.9 Å². The van der Waals surface area contributed by atoms with Gasteiger partial charge < -0.3 is 14.7 Å². The molecule has 2 heterocycles. The van der Waals surface area contributed by atoms with Crippen LogP contribution in [-0.2, 0) is 16.1 Å². The second kappa shape index (κ2) is 9.11. The summed E-state index contributed by atoms with van der Waals surface area (Å²) in [4.78, 5) is 31.5. The molecule has 6 heteroatoms. The molecule has 2 aromatic rings. The van der Waals surface area contributed by atoms with Gasteiger partial charge in [0.2, 0.25) is 0 Å². The Balaban J connectivity index is 2.03. The molecule has 30 heavy (non-hydrogen) atoms. The summed E-state index contributed by atoms with van der Waals surface area (Å²) in [5, 5.41) is 10.6. The van der Waals surface area contributed by atoms with Crippen molar-refractivity contribution in [1.82, 2.24) is 9.88 Å². The number of nitrogens with zero attached hydrogens (tertiary/aromatic N) is 2. The third-order valence-electron chi connectivity index (χ3n) is 4.93. The van der Waals surface area contributed by atoms with Crippen LogP contribution in [0.1, 0.15) is 44.9 Å². The number of carbonyl (C=O) groups excluding carboxylic acids is 2. The summed E-state index contributed by atoms with van der Waals surface area (Å²) in [6, 6.07) is 10.3. The SMILES string of the molecule is CC(C)COc1cccc(C2C(C(=O)C(C)C)=C(O)C(=O)N2Cc2cccnc2)c1. The standard InChI is InChI=1S/C24H28N2O4/c1-15(2)14-30-19-9-5-8-18(11-19)21-20(22(27)16(3)4)23(28)24(29)26(21)13-17-7-6-10-25-12-17/h5-12,15-16,21,28H,13-14H2,1-4H3. The summed E-state index contributed by atoms with van der Waals surface area (Å²) >= 11 is 0. The Morgan fingerprint density at radius 2 is 1.97 bits per heavy atom. The van der Waals surface area contributed by atoms with Gasteiger partial charge in [-0.05, 0) is 35.2 Å². The molecular weight excluding hydrogens is 380 g/mol. The number of ketones is 1. The highest BCUT2D eigenvalue weighted by atomic mass is 16.5. The summed E-state index contributed by atoms with van der Waals surface area (Å²) in [7, 11) is 0. The molecule has 1 aromatic heterocycles. The number of amides is 1. The zero-order valence-corrected chi connectivity index (χ0v) is 17.8. The predicted molar refractivity (Wildman–Crippen MR) is 114 cm³/mol. The van der Waals surface area contributed by atoms with Crippen molar-refractivity contribution in [3.05, 3.63) is 71.3 Å². The van der Waals surface area contributed by atoms with Crippen molar-refractivity contribution >= 4 is 11.7 Å². The van der Waals surface area contributed by atoms with E-state index in [4.69, 9.17) is 4.74 Å². The smallest absolute Gasteiger partial charge is 0.290 e. The van der Waals surface area contributed by atoms with Gasteiger partial charge in [-0.2, -0.15) is 0 Å². The zero-order chi connectivity index (χ0) is 21.8. The number of aliphatic hydroxyl groups excluding tert-OH is 1. The van der Waals surface area contributed by atoms with Crippen LogP contribution in [0, 0.1) is 11.8 Å². The molecule has 158 valence electrons. The van der Waals surface area contributed by atoms with E-state index in [0.717, 1.165) is 11.1 Å². The van der Waals surface area contributed by atoms with Gasteiger partial charge in [-0.3, -0.25) is 14.6 Å². The molecule has 1 atom stereocenters. The second-order valence-corrected chi connectivity index (χ2v) is 8.26. The van der Waals surface area contributed by atoms with Crippen LogP contribution in [0.25, 0.3) is 0 Å². The Labute approximate surface area is 177 Å². The molecule has 1 aliphatic rings. The highest BCUT2D eigenvalue weighted by molar-refractivity contribution is 6.09. The van der Waals surface area contributed by atoms with E-state index in [2.05, 4.69) is 18.8 Å². The predicted octanol–water partition coefficient (Wildman–Crippen LogP) is 4.24. The first-order chi connectivity index (χ1) is 14.3. The molecule has 1 aromatic carbocycles. The Morgan fingerprint density at radius 3 is 2.60 bits per heavy atom. The van der Waals surface area contributed by atoms with E-state index < -0.39 is 17.7 Å². The van der Waals surface area contributed by atoms with Crippen molar-refractivity contribution in [2.45, 2.75) is 40.3 Å². The lowest BCUT2D eigenvalue weighted by Gasteiger charge is -2.27. The number of Topliss-reactive ketones (excluding diaryl/α,β-unsaturated/α-hetero) is 1. The summed E-state index contributed by atoms with van der Waals surface area (Å²) in [5.41, 5.74) is 1.68. The van der Waals surface area contributed by atoms with Gasteiger partial charge in [0.05, 0.1) is 18.2 Å². The molecule has 3 rings (SSSR count). The molecule has 6 nitrogen and oxygen atoms in total. The van der Waals surface area contributed by atoms with E-state index in [0.29, 0.717) is 18.3 Å². The maximum Gasteiger partial charge on any atom is 0.290 e. The van der Waals surface area contributed by atoms with Gasteiger partial charge in [0.25, 0.3) is 5.91 Å². The quantitative estimate of drug-likeness (QED) is 0.707. The summed E-state index contributed by atoms with van der Waals surface area (Å²) in [6.45, 7) is 8.44. The number of aliphatic hydroxyl groups is 1. The van der Waals surface area contributed by atoms with Gasteiger partial charge >= 0.3 is 0 Å². The lowest BCUT2D eigenvalue weighted by molar-refractivity contribution is -0.130. The van der Waals surface area contributed by atoms with Gasteiger partial charge in [-0.15, -0.1) is 0 Å². The molecular formula is C24H28N2O4. The van der Waals surface area contributed by atoms with Gasteiger partial charge in [0, 0.05) is 24.9 Å². The number of benzene rings is 1. The van der Waals surface area contributed by atoms with E-state index >= 15 is 0 Å². The Bertz CT molecular complexity index is 951. The van der Waals surface area contributed by atoms with E-state index in [1.54, 1.807) is 32.3 Å². The maximum atomic E-state index is 12.9. The molecule has 1 unspecified atom stereocenters. The van der Waals surface area contributed by atoms with Crippen molar-refractivity contribution in [1.29, 1.82) is 0 Å². The molecule has 0 saturated carbocycles. The first-order valence-electron chi connectivity index (χ1n) is 10.2. The fourth-order valence-electron chi connectivity index (χ4n) is 3.45. The van der Waals surface area contributed by atoms with Crippen LogP contribution in [0.4, 0.5) is 0 Å². The molecule has 1 N–H and O–H groups in total. The number of pyridine rings is 1. The number of ether oxygens (including phenoxy) is 1. The third kappa shape index (κ3) is 4.53. The van der Waals surface area contributed by atoms with Gasteiger partial charge in [0.15, 0.2) is 11.5 Å². The number of hydrogen-bond acceptors (Lipinski definition) is 5. The average Bonchev–Trinajstić information content (AvgIpc) is 2.97. The highest BCUT2D eigenvalue weighted by Crippen LogP contribution is 2.40. The molecule has 0 saturated heterocycles. The minimum Gasteiger partial charge on any atom is -0.503 e. The Hall–Kier alpha value is -3.15. The molecule has 1 aliphatic heterocycles. The molecule has 0 aliphatic carbocycles. The van der Waals surface area contributed by atoms with Crippen molar-refractivity contribution in [2.24, 2.45) is 11.8 Å². The maximum absolute atomic E-state index is 12.9. The molecule has 0 bridgehead atoms. The number of aromatic nitrogens is 1. The van der Waals surface area contributed by atoms with Crippen LogP contribution in [0.5, 0.6) is 5.75 Å². The minimum absolute atomic E-state index is 0.139. The Kier molecular flexibility index (Phi) is 6.55. The van der Waals surface area contributed by atoms with Crippen molar-refractivity contribution in [3.8, 4) is 5.75 Å². The minimum atomic E-state index is -0.685. The molecule has 0 fully saturated rings. The molecule has 0 spiro atoms. The fraction of sp³-hybridized carbons (Fsp3) is 0.375. The van der Waals surface area contributed by atoms with Crippen LogP contribution < -0.4 is 4.74 Å². The van der Waals surface area contributed by atoms with E-state index in [9.17, 15) is 14.7 Å². The fourth-order valence-corrected chi connectivity index (χ4v) is 3.45. The van der Waals surface area contributed by atoms with Crippen molar-refractivity contribution in [3.63, 3.8) is 0 Å². The van der Waals surface area contributed by atoms with Crippen LogP contribution in [0.3, 0.4) is 0 Å². The van der Waals surface area contributed by atoms with E-state index in [1.165, 1.54) is 4.90 Å². The first-order valence-corrected chi connectivity index (χ1v) is 10.2. The highest BCUT2D eigenvalue weighted by Gasteiger charge is 2.44. The molecule has 0 radical (unpaired) electrons. The van der Waals surface area contributed by atoms with E-state index in [1.807, 2.05) is 30.3 Å². The second-order valence-electron chi connectivity index (χ2n) is 8.26. The average molecular weight is 408 g/mol. The zero-order valence-electron chi connectivity index (χ0n) is 17.8. The number of carbonyl (C=O) groups is 2. The lowest BCUT2D eigenvalue weighted by Crippen LogP contribution is -2.31. The first kappa shape index (κ1) is 21.6. The number of rotatable bonds is 8. The topological polar surface area (TPSA) is 79.7 Å². The van der Waals surface area contributed by atoms with Gasteiger partial charge in [-0.25, -0.2) is 0 Å². The normalized spacial score (nSPS) is 16.7. The lowest BCUT2D eigenvalue weighted by atomic mass is 9.91. The van der Waals surface area contributed by atoms with Crippen LogP contribution in [-0.4, -0.2) is 33.3 Å². The summed E-state index contributed by atoms with van der Waals surface area (Å²) in [6.07, 6.45) is 3.33. The van der Waals surface area contributed by atoms with Crippen LogP contribution >= 0.6 is 0 Å². The Morgan fingerprint density at radius 1 is 1.20 bits per heavy atom. The third-order valence-corrected chi connectivity index (χ3v) is 4.93. The number of hydrogen-bond donors (Lipinski definition) is 1. The van der Waals surface area contributed by atoms with E-state index in [-0.39, 0.29) is 23.8 Å². The summed E-state index contributed by atoms with van der Waals surface area (Å²) < 4.78 is 5.84. The monoisotopic (exact) mass is 408 g/mol. The van der Waals surface area contributed by atoms with Crippen molar-refractivity contribution in [2.75, 3.05) is 6.61 Å². The summed E-state index contributed by atoms with van der Waals surface area (Å²) in [5.74, 6) is -0.592. The largest absolute Gasteiger partial charge is 0.503 e. The van der Waals surface area contributed by atoms with Crippen LogP contribution in [0.15, 0.2) is 60.1 Å². The van der Waals surface area contributed by atoms with Crippen LogP contribution in [0.2, 0.25) is 0 Å². The van der Waals surface area contributed by atoms with Gasteiger partial charge in [0.1, 0.15) is 5.75 Å². The van der Waals surface area contributed by atoms with Crippen molar-refractivity contribution < 1.29 is 19.4 Å².